The lowest BCUT2D eigenvalue weighted by atomic mass is 10.4. The summed E-state index contributed by atoms with van der Waals surface area (Å²) in [4.78, 5) is 6.14. The van der Waals surface area contributed by atoms with Crippen LogP contribution < -0.4 is 0 Å². The molecule has 1 aromatic rings. The Morgan fingerprint density at radius 2 is 1.94 bits per heavy atom. The van der Waals surface area contributed by atoms with Crippen LogP contribution >= 0.6 is 0 Å². The summed E-state index contributed by atoms with van der Waals surface area (Å²) >= 11 is 0. The third kappa shape index (κ3) is 3.55. The normalized spacial score (nSPS) is 11.6. The van der Waals surface area contributed by atoms with Crippen LogP contribution in [0, 0.1) is 0 Å². The Labute approximate surface area is 95.5 Å². The highest BCUT2D eigenvalue weighted by atomic mass is 16.3. The third-order valence-corrected chi connectivity index (χ3v) is 2.33. The zero-order valence-electron chi connectivity index (χ0n) is 9.87. The van der Waals surface area contributed by atoms with Crippen molar-refractivity contribution < 1.29 is 10.2 Å². The van der Waals surface area contributed by atoms with Crippen LogP contribution in [0.25, 0.3) is 0 Å². The lowest BCUT2D eigenvalue weighted by Gasteiger charge is -2.20. The molecule has 0 atom stereocenters. The Bertz CT molecular complexity index is 295. The minimum absolute atomic E-state index is 0.0792. The monoisotopic (exact) mass is 228 g/mol. The molecule has 0 aliphatic rings. The largest absolute Gasteiger partial charge is 0.395 e. The van der Waals surface area contributed by atoms with Crippen LogP contribution in [0.4, 0.5) is 0 Å². The molecule has 6 nitrogen and oxygen atoms in total. The summed E-state index contributed by atoms with van der Waals surface area (Å²) in [6.45, 7) is 5.91. The maximum Gasteiger partial charge on any atom is 0.141 e. The fourth-order valence-electron chi connectivity index (χ4n) is 1.57. The summed E-state index contributed by atoms with van der Waals surface area (Å²) in [6.07, 6.45) is 1.53. The summed E-state index contributed by atoms with van der Waals surface area (Å²) < 4.78 is 1.85. The van der Waals surface area contributed by atoms with Gasteiger partial charge in [-0.05, 0) is 13.8 Å². The molecular formula is C10H20N4O2. The van der Waals surface area contributed by atoms with Crippen molar-refractivity contribution in [1.82, 2.24) is 19.7 Å². The van der Waals surface area contributed by atoms with E-state index in [0.29, 0.717) is 19.6 Å². The van der Waals surface area contributed by atoms with Crippen molar-refractivity contribution in [2.45, 2.75) is 26.4 Å². The van der Waals surface area contributed by atoms with Crippen LogP contribution in [0.1, 0.15) is 25.7 Å². The van der Waals surface area contributed by atoms with E-state index in [1.807, 2.05) is 23.4 Å². The molecule has 0 radical (unpaired) electrons. The predicted molar refractivity (Wildman–Crippen MR) is 59.9 cm³/mol. The van der Waals surface area contributed by atoms with Gasteiger partial charge in [0.1, 0.15) is 12.2 Å². The minimum atomic E-state index is 0.0792. The van der Waals surface area contributed by atoms with Gasteiger partial charge in [-0.25, -0.2) is 9.67 Å². The fourth-order valence-corrected chi connectivity index (χ4v) is 1.57. The molecule has 0 aliphatic heterocycles. The van der Waals surface area contributed by atoms with Crippen LogP contribution in [0.2, 0.25) is 0 Å². The van der Waals surface area contributed by atoms with Gasteiger partial charge in [-0.15, -0.1) is 0 Å². The van der Waals surface area contributed by atoms with Crippen molar-refractivity contribution in [2.24, 2.45) is 0 Å². The Morgan fingerprint density at radius 1 is 1.31 bits per heavy atom. The van der Waals surface area contributed by atoms with Gasteiger partial charge in [0.15, 0.2) is 0 Å². The van der Waals surface area contributed by atoms with Crippen LogP contribution in [-0.2, 0) is 6.54 Å². The molecule has 1 rings (SSSR count). The number of nitrogens with zero attached hydrogens (tertiary/aromatic N) is 4. The lowest BCUT2D eigenvalue weighted by molar-refractivity contribution is 0.151. The second kappa shape index (κ2) is 6.57. The minimum Gasteiger partial charge on any atom is -0.395 e. The molecule has 16 heavy (non-hydrogen) atoms. The van der Waals surface area contributed by atoms with Gasteiger partial charge >= 0.3 is 0 Å². The van der Waals surface area contributed by atoms with Crippen LogP contribution in [0.3, 0.4) is 0 Å². The number of aliphatic hydroxyl groups is 2. The molecule has 0 aliphatic carbocycles. The van der Waals surface area contributed by atoms with E-state index in [-0.39, 0.29) is 19.3 Å². The van der Waals surface area contributed by atoms with Gasteiger partial charge in [-0.1, -0.05) is 0 Å². The average Bonchev–Trinajstić information content (AvgIpc) is 2.66. The number of aromatic nitrogens is 3. The Morgan fingerprint density at radius 3 is 2.44 bits per heavy atom. The quantitative estimate of drug-likeness (QED) is 0.667. The molecule has 2 N–H and O–H groups in total. The van der Waals surface area contributed by atoms with Crippen molar-refractivity contribution in [2.75, 3.05) is 26.3 Å². The molecule has 0 saturated heterocycles. The molecule has 0 fully saturated rings. The average molecular weight is 228 g/mol. The molecule has 6 heteroatoms. The predicted octanol–water partition coefficient (Wildman–Crippen LogP) is -0.354. The van der Waals surface area contributed by atoms with Crippen LogP contribution in [-0.4, -0.2) is 56.2 Å². The number of aliphatic hydroxyl groups excluding tert-OH is 2. The molecule has 0 unspecified atom stereocenters. The summed E-state index contributed by atoms with van der Waals surface area (Å²) in [7, 11) is 0. The van der Waals surface area contributed by atoms with Gasteiger partial charge in [0.2, 0.25) is 0 Å². The van der Waals surface area contributed by atoms with Crippen molar-refractivity contribution in [1.29, 1.82) is 0 Å². The summed E-state index contributed by atoms with van der Waals surface area (Å²) in [5.74, 6) is 0.858. The third-order valence-electron chi connectivity index (χ3n) is 2.33. The van der Waals surface area contributed by atoms with E-state index in [4.69, 9.17) is 10.2 Å². The summed E-state index contributed by atoms with van der Waals surface area (Å²) in [6, 6.07) is 0.266. The van der Waals surface area contributed by atoms with Gasteiger partial charge in [-0.3, -0.25) is 4.90 Å². The molecule has 0 saturated carbocycles. The zero-order valence-corrected chi connectivity index (χ0v) is 9.87. The SMILES string of the molecule is CC(C)n1ncnc1CN(CCO)CCO. The van der Waals surface area contributed by atoms with E-state index in [0.717, 1.165) is 5.82 Å². The van der Waals surface area contributed by atoms with Gasteiger partial charge in [0.25, 0.3) is 0 Å². The highest BCUT2D eigenvalue weighted by molar-refractivity contribution is 4.86. The molecule has 0 bridgehead atoms. The van der Waals surface area contributed by atoms with Gasteiger partial charge in [0, 0.05) is 19.1 Å². The Hall–Kier alpha value is -0.980. The van der Waals surface area contributed by atoms with E-state index >= 15 is 0 Å². The fraction of sp³-hybridized carbons (Fsp3) is 0.800. The van der Waals surface area contributed by atoms with E-state index in [1.54, 1.807) is 0 Å². The first kappa shape index (κ1) is 13.1. The summed E-state index contributed by atoms with van der Waals surface area (Å²) in [5, 5.41) is 22.0. The molecule has 0 aromatic carbocycles. The zero-order chi connectivity index (χ0) is 12.0. The number of rotatable bonds is 7. The van der Waals surface area contributed by atoms with Crippen molar-refractivity contribution >= 4 is 0 Å². The molecule has 92 valence electrons. The van der Waals surface area contributed by atoms with Crippen molar-refractivity contribution in [3.05, 3.63) is 12.2 Å². The Balaban J connectivity index is 2.64. The smallest absolute Gasteiger partial charge is 0.141 e. The highest BCUT2D eigenvalue weighted by Crippen LogP contribution is 2.07. The first-order valence-electron chi connectivity index (χ1n) is 5.51. The maximum absolute atomic E-state index is 8.90. The molecule has 0 spiro atoms. The second-order valence-corrected chi connectivity index (χ2v) is 3.94. The summed E-state index contributed by atoms with van der Waals surface area (Å²) in [5.41, 5.74) is 0. The van der Waals surface area contributed by atoms with Crippen LogP contribution in [0.15, 0.2) is 6.33 Å². The first-order chi connectivity index (χ1) is 7.69. The molecule has 0 amide bonds. The van der Waals surface area contributed by atoms with Crippen LogP contribution in [0.5, 0.6) is 0 Å². The molecule has 1 aromatic heterocycles. The lowest BCUT2D eigenvalue weighted by Crippen LogP contribution is -2.31. The number of hydrogen-bond donors (Lipinski definition) is 2. The molecule has 1 heterocycles. The van der Waals surface area contributed by atoms with Gasteiger partial charge in [-0.2, -0.15) is 5.10 Å². The van der Waals surface area contributed by atoms with E-state index in [1.165, 1.54) is 6.33 Å². The maximum atomic E-state index is 8.90. The van der Waals surface area contributed by atoms with Crippen molar-refractivity contribution in [3.63, 3.8) is 0 Å². The Kier molecular flexibility index (Phi) is 5.37. The standard InChI is InChI=1S/C10H20N4O2/c1-9(2)14-10(11-8-12-14)7-13(3-5-15)4-6-16/h8-9,15-16H,3-7H2,1-2H3. The van der Waals surface area contributed by atoms with Gasteiger partial charge in [0.05, 0.1) is 19.8 Å². The van der Waals surface area contributed by atoms with Crippen molar-refractivity contribution in [3.8, 4) is 0 Å². The van der Waals surface area contributed by atoms with E-state index in [9.17, 15) is 0 Å². The molecular weight excluding hydrogens is 208 g/mol. The van der Waals surface area contributed by atoms with E-state index < -0.39 is 0 Å². The van der Waals surface area contributed by atoms with E-state index in [2.05, 4.69) is 10.1 Å². The highest BCUT2D eigenvalue weighted by Gasteiger charge is 2.11. The first-order valence-corrected chi connectivity index (χ1v) is 5.51. The second-order valence-electron chi connectivity index (χ2n) is 3.94. The topological polar surface area (TPSA) is 74.4 Å². The van der Waals surface area contributed by atoms with Gasteiger partial charge < -0.3 is 10.2 Å². The number of hydrogen-bond acceptors (Lipinski definition) is 5.